The first-order chi connectivity index (χ1) is 11.3. The van der Waals surface area contributed by atoms with Gasteiger partial charge in [0, 0.05) is 13.1 Å². The molecule has 23 heavy (non-hydrogen) atoms. The lowest BCUT2D eigenvalue weighted by Crippen LogP contribution is -2.26. The van der Waals surface area contributed by atoms with Crippen LogP contribution < -0.4 is 4.90 Å². The molecule has 118 valence electrons. The van der Waals surface area contributed by atoms with Crippen LogP contribution in [-0.4, -0.2) is 26.1 Å². The maximum absolute atomic E-state index is 5.91. The number of anilines is 1. The first-order valence-electron chi connectivity index (χ1n) is 7.97. The standard InChI is InChI=1S/C17H18ClN5/c1-2-22-14-7-4-3-6-13(14)21-16(22)15-8-5-9-23(15)17-19-10-12(18)11-20-17/h3-4,6-7,10-11,15H,2,5,8-9H2,1H3/t15-/m0/s1. The van der Waals surface area contributed by atoms with Crippen molar-refractivity contribution in [3.05, 3.63) is 47.5 Å². The summed E-state index contributed by atoms with van der Waals surface area (Å²) in [7, 11) is 0. The number of halogens is 1. The third-order valence-corrected chi connectivity index (χ3v) is 4.61. The molecular formula is C17H18ClN5. The van der Waals surface area contributed by atoms with E-state index < -0.39 is 0 Å². The Balaban J connectivity index is 1.78. The van der Waals surface area contributed by atoms with Crippen molar-refractivity contribution in [3.8, 4) is 0 Å². The zero-order valence-corrected chi connectivity index (χ0v) is 13.7. The van der Waals surface area contributed by atoms with Gasteiger partial charge in [0.1, 0.15) is 5.82 Å². The highest BCUT2D eigenvalue weighted by atomic mass is 35.5. The molecule has 3 heterocycles. The van der Waals surface area contributed by atoms with E-state index in [0.717, 1.165) is 43.2 Å². The fourth-order valence-corrected chi connectivity index (χ4v) is 3.51. The van der Waals surface area contributed by atoms with E-state index in [1.807, 2.05) is 6.07 Å². The number of hydrogen-bond acceptors (Lipinski definition) is 4. The molecule has 0 amide bonds. The largest absolute Gasteiger partial charge is 0.331 e. The summed E-state index contributed by atoms with van der Waals surface area (Å²) in [4.78, 5) is 15.9. The molecule has 0 unspecified atom stereocenters. The molecule has 1 aromatic carbocycles. The van der Waals surface area contributed by atoms with Gasteiger partial charge in [-0.15, -0.1) is 0 Å². The molecular weight excluding hydrogens is 310 g/mol. The number of aryl methyl sites for hydroxylation is 1. The molecule has 0 saturated carbocycles. The Labute approximate surface area is 139 Å². The summed E-state index contributed by atoms with van der Waals surface area (Å²) in [5.74, 6) is 1.83. The van der Waals surface area contributed by atoms with Crippen LogP contribution in [0.4, 0.5) is 5.95 Å². The molecule has 2 aromatic heterocycles. The van der Waals surface area contributed by atoms with Crippen LogP contribution in [0.3, 0.4) is 0 Å². The summed E-state index contributed by atoms with van der Waals surface area (Å²) in [6.07, 6.45) is 5.49. The van der Waals surface area contributed by atoms with Crippen LogP contribution in [0.1, 0.15) is 31.6 Å². The average Bonchev–Trinajstić information content (AvgIpc) is 3.19. The second-order valence-corrected chi connectivity index (χ2v) is 6.19. The molecule has 0 radical (unpaired) electrons. The number of imidazole rings is 1. The Morgan fingerprint density at radius 3 is 2.78 bits per heavy atom. The number of fused-ring (bicyclic) bond motifs is 1. The second-order valence-electron chi connectivity index (χ2n) is 5.76. The number of rotatable bonds is 3. The number of para-hydroxylation sites is 2. The first kappa shape index (κ1) is 14.5. The summed E-state index contributed by atoms with van der Waals surface area (Å²) >= 11 is 5.91. The minimum Gasteiger partial charge on any atom is -0.331 e. The minimum absolute atomic E-state index is 0.212. The SMILES string of the molecule is CCn1c([C@@H]2CCCN2c2ncc(Cl)cn2)nc2ccccc21. The smallest absolute Gasteiger partial charge is 0.225 e. The molecule has 3 aromatic rings. The van der Waals surface area contributed by atoms with E-state index in [1.165, 1.54) is 5.52 Å². The van der Waals surface area contributed by atoms with E-state index in [-0.39, 0.29) is 6.04 Å². The van der Waals surface area contributed by atoms with E-state index in [9.17, 15) is 0 Å². The summed E-state index contributed by atoms with van der Waals surface area (Å²) in [5.41, 5.74) is 2.24. The zero-order chi connectivity index (χ0) is 15.8. The zero-order valence-electron chi connectivity index (χ0n) is 13.0. The van der Waals surface area contributed by atoms with Crippen LogP contribution >= 0.6 is 11.6 Å². The summed E-state index contributed by atoms with van der Waals surface area (Å²) in [6.45, 7) is 4.01. The molecule has 1 saturated heterocycles. The number of nitrogens with zero attached hydrogens (tertiary/aromatic N) is 5. The third kappa shape index (κ3) is 2.45. The Hall–Kier alpha value is -2.14. The third-order valence-electron chi connectivity index (χ3n) is 4.41. The highest BCUT2D eigenvalue weighted by molar-refractivity contribution is 6.30. The van der Waals surface area contributed by atoms with Gasteiger partial charge in [-0.05, 0) is 31.9 Å². The van der Waals surface area contributed by atoms with Crippen LogP contribution in [0.5, 0.6) is 0 Å². The normalized spacial score (nSPS) is 18.0. The molecule has 4 rings (SSSR count). The molecule has 1 aliphatic rings. The molecule has 5 nitrogen and oxygen atoms in total. The summed E-state index contributed by atoms with van der Waals surface area (Å²) < 4.78 is 2.30. The van der Waals surface area contributed by atoms with Crippen molar-refractivity contribution in [2.45, 2.75) is 32.4 Å². The maximum Gasteiger partial charge on any atom is 0.225 e. The predicted molar refractivity (Wildman–Crippen MR) is 91.8 cm³/mol. The van der Waals surface area contributed by atoms with Crippen molar-refractivity contribution in [2.24, 2.45) is 0 Å². The second kappa shape index (κ2) is 5.81. The van der Waals surface area contributed by atoms with Crippen molar-refractivity contribution in [2.75, 3.05) is 11.4 Å². The lowest BCUT2D eigenvalue weighted by molar-refractivity contribution is 0.602. The van der Waals surface area contributed by atoms with Crippen molar-refractivity contribution >= 4 is 28.6 Å². The van der Waals surface area contributed by atoms with Gasteiger partial charge in [-0.1, -0.05) is 23.7 Å². The molecule has 0 N–H and O–H groups in total. The summed E-state index contributed by atoms with van der Waals surface area (Å²) in [6, 6.07) is 8.52. The fourth-order valence-electron chi connectivity index (χ4n) is 3.41. The Bertz CT molecular complexity index is 827. The number of aromatic nitrogens is 4. The highest BCUT2D eigenvalue weighted by Gasteiger charge is 2.31. The lowest BCUT2D eigenvalue weighted by Gasteiger charge is -2.24. The Morgan fingerprint density at radius 2 is 2.00 bits per heavy atom. The molecule has 6 heteroatoms. The van der Waals surface area contributed by atoms with E-state index in [0.29, 0.717) is 5.02 Å². The predicted octanol–water partition coefficient (Wildman–Crippen LogP) is 3.84. The molecule has 0 bridgehead atoms. The minimum atomic E-state index is 0.212. The Morgan fingerprint density at radius 1 is 1.22 bits per heavy atom. The molecule has 0 aliphatic carbocycles. The van der Waals surface area contributed by atoms with Crippen molar-refractivity contribution in [1.82, 2.24) is 19.5 Å². The van der Waals surface area contributed by atoms with E-state index in [1.54, 1.807) is 12.4 Å². The fraction of sp³-hybridized carbons (Fsp3) is 0.353. The quantitative estimate of drug-likeness (QED) is 0.733. The molecule has 0 spiro atoms. The van der Waals surface area contributed by atoms with E-state index in [4.69, 9.17) is 16.6 Å². The topological polar surface area (TPSA) is 46.8 Å². The maximum atomic E-state index is 5.91. The lowest BCUT2D eigenvalue weighted by atomic mass is 10.2. The van der Waals surface area contributed by atoms with Gasteiger partial charge in [0.15, 0.2) is 0 Å². The summed E-state index contributed by atoms with van der Waals surface area (Å²) in [5, 5.41) is 0.560. The van der Waals surface area contributed by atoms with Crippen LogP contribution in [0.15, 0.2) is 36.7 Å². The van der Waals surface area contributed by atoms with Gasteiger partial charge in [0.2, 0.25) is 5.95 Å². The van der Waals surface area contributed by atoms with Crippen molar-refractivity contribution in [3.63, 3.8) is 0 Å². The van der Waals surface area contributed by atoms with Crippen LogP contribution in [0, 0.1) is 0 Å². The van der Waals surface area contributed by atoms with Crippen molar-refractivity contribution in [1.29, 1.82) is 0 Å². The van der Waals surface area contributed by atoms with Crippen LogP contribution in [0.2, 0.25) is 5.02 Å². The van der Waals surface area contributed by atoms with Gasteiger partial charge in [0.05, 0.1) is 34.5 Å². The van der Waals surface area contributed by atoms with Gasteiger partial charge < -0.3 is 9.47 Å². The van der Waals surface area contributed by atoms with Gasteiger partial charge in [-0.3, -0.25) is 0 Å². The number of benzene rings is 1. The monoisotopic (exact) mass is 327 g/mol. The molecule has 1 atom stereocenters. The highest BCUT2D eigenvalue weighted by Crippen LogP contribution is 2.35. The van der Waals surface area contributed by atoms with Crippen molar-refractivity contribution < 1.29 is 0 Å². The molecule has 1 fully saturated rings. The van der Waals surface area contributed by atoms with Crippen LogP contribution in [-0.2, 0) is 6.54 Å². The first-order valence-corrected chi connectivity index (χ1v) is 8.35. The Kier molecular flexibility index (Phi) is 3.65. The molecule has 1 aliphatic heterocycles. The number of hydrogen-bond donors (Lipinski definition) is 0. The van der Waals surface area contributed by atoms with Gasteiger partial charge >= 0.3 is 0 Å². The average molecular weight is 328 g/mol. The van der Waals surface area contributed by atoms with E-state index in [2.05, 4.69) is 44.6 Å². The van der Waals surface area contributed by atoms with Crippen LogP contribution in [0.25, 0.3) is 11.0 Å². The van der Waals surface area contributed by atoms with E-state index >= 15 is 0 Å². The van der Waals surface area contributed by atoms with Gasteiger partial charge in [-0.25, -0.2) is 15.0 Å². The van der Waals surface area contributed by atoms with Gasteiger partial charge in [0.25, 0.3) is 0 Å². The van der Waals surface area contributed by atoms with Gasteiger partial charge in [-0.2, -0.15) is 0 Å².